The lowest BCUT2D eigenvalue weighted by molar-refractivity contribution is 0.0950. The number of H-pyrrole nitrogens is 1. The minimum absolute atomic E-state index is 0.196. The van der Waals surface area contributed by atoms with Gasteiger partial charge < -0.3 is 5.32 Å². The third-order valence-electron chi connectivity index (χ3n) is 4.10. The van der Waals surface area contributed by atoms with Gasteiger partial charge in [-0.15, -0.1) is 0 Å². The summed E-state index contributed by atoms with van der Waals surface area (Å²) in [6, 6.07) is 9.44. The fraction of sp³-hybridized carbons (Fsp3) is 0.222. The predicted molar refractivity (Wildman–Crippen MR) is 94.6 cm³/mol. The van der Waals surface area contributed by atoms with Crippen LogP contribution in [0.25, 0.3) is 11.0 Å². The second kappa shape index (κ2) is 6.72. The molecule has 25 heavy (non-hydrogen) atoms. The average Bonchev–Trinajstić information content (AvgIpc) is 2.64. The number of fused-ring (bicyclic) bond motifs is 1. The first kappa shape index (κ1) is 16.6. The molecular weight excluding hydrogens is 320 g/mol. The molecule has 2 N–H and O–H groups in total. The standard InChI is InChI=1S/C18H18N4O3/c1-3-11-4-6-12(7-5-11)9-20-16(23)13-8-14-15(19-10-13)22(2)18(25)21-17(14)24/h4-8,10H,3,9H2,1-2H3,(H,20,23)(H,21,24,25). The topological polar surface area (TPSA) is 96.8 Å². The highest BCUT2D eigenvalue weighted by atomic mass is 16.2. The molecule has 2 heterocycles. The third kappa shape index (κ3) is 3.35. The first-order valence-electron chi connectivity index (χ1n) is 7.94. The maximum atomic E-state index is 12.3. The highest BCUT2D eigenvalue weighted by Crippen LogP contribution is 2.08. The molecule has 3 aromatic rings. The number of benzene rings is 1. The molecule has 1 aromatic carbocycles. The second-order valence-electron chi connectivity index (χ2n) is 5.77. The highest BCUT2D eigenvalue weighted by Gasteiger charge is 2.11. The molecule has 3 rings (SSSR count). The number of pyridine rings is 1. The molecule has 0 aliphatic carbocycles. The van der Waals surface area contributed by atoms with Crippen molar-refractivity contribution in [3.8, 4) is 0 Å². The molecule has 0 unspecified atom stereocenters. The predicted octanol–water partition coefficient (Wildman–Crippen LogP) is 1.11. The fourth-order valence-corrected chi connectivity index (χ4v) is 2.54. The lowest BCUT2D eigenvalue weighted by Gasteiger charge is -2.07. The van der Waals surface area contributed by atoms with Crippen LogP contribution in [0.3, 0.4) is 0 Å². The summed E-state index contributed by atoms with van der Waals surface area (Å²) in [5.74, 6) is -0.331. The molecule has 0 saturated carbocycles. The van der Waals surface area contributed by atoms with Crippen molar-refractivity contribution in [1.29, 1.82) is 0 Å². The molecule has 128 valence electrons. The van der Waals surface area contributed by atoms with Gasteiger partial charge >= 0.3 is 5.69 Å². The average molecular weight is 338 g/mol. The summed E-state index contributed by atoms with van der Waals surface area (Å²) in [4.78, 5) is 42.1. The lowest BCUT2D eigenvalue weighted by Crippen LogP contribution is -2.29. The van der Waals surface area contributed by atoms with Crippen molar-refractivity contribution in [3.63, 3.8) is 0 Å². The van der Waals surface area contributed by atoms with Crippen LogP contribution in [0.5, 0.6) is 0 Å². The number of hydrogen-bond acceptors (Lipinski definition) is 4. The Morgan fingerprint density at radius 3 is 2.56 bits per heavy atom. The number of carbonyl (C=O) groups is 1. The molecule has 0 bridgehead atoms. The molecule has 0 spiro atoms. The lowest BCUT2D eigenvalue weighted by atomic mass is 10.1. The number of carbonyl (C=O) groups excluding carboxylic acids is 1. The number of nitrogens with one attached hydrogen (secondary N) is 2. The van der Waals surface area contributed by atoms with E-state index in [1.165, 1.54) is 29.4 Å². The second-order valence-corrected chi connectivity index (χ2v) is 5.77. The molecule has 0 atom stereocenters. The van der Waals surface area contributed by atoms with Gasteiger partial charge in [-0.1, -0.05) is 31.2 Å². The first-order valence-corrected chi connectivity index (χ1v) is 7.94. The number of rotatable bonds is 4. The maximum Gasteiger partial charge on any atom is 0.329 e. The van der Waals surface area contributed by atoms with Crippen molar-refractivity contribution in [3.05, 3.63) is 74.1 Å². The SMILES string of the molecule is CCc1ccc(CNC(=O)c2cnc3c(c2)c(=O)[nH]c(=O)n3C)cc1. The molecule has 2 aromatic heterocycles. The van der Waals surface area contributed by atoms with Gasteiger partial charge in [0.1, 0.15) is 5.65 Å². The van der Waals surface area contributed by atoms with Gasteiger partial charge in [0, 0.05) is 19.8 Å². The first-order chi connectivity index (χ1) is 12.0. The molecule has 1 amide bonds. The van der Waals surface area contributed by atoms with Gasteiger partial charge in [0.15, 0.2) is 0 Å². The summed E-state index contributed by atoms with van der Waals surface area (Å²) in [6.07, 6.45) is 2.32. The van der Waals surface area contributed by atoms with E-state index in [0.29, 0.717) is 6.54 Å². The van der Waals surface area contributed by atoms with E-state index in [1.54, 1.807) is 0 Å². The van der Waals surface area contributed by atoms with Crippen molar-refractivity contribution >= 4 is 16.9 Å². The summed E-state index contributed by atoms with van der Waals surface area (Å²) in [6.45, 7) is 2.46. The van der Waals surface area contributed by atoms with Gasteiger partial charge in [-0.3, -0.25) is 19.1 Å². The Morgan fingerprint density at radius 1 is 1.20 bits per heavy atom. The summed E-state index contributed by atoms with van der Waals surface area (Å²) >= 11 is 0. The van der Waals surface area contributed by atoms with Crippen LogP contribution in [0.1, 0.15) is 28.4 Å². The number of hydrogen-bond donors (Lipinski definition) is 2. The van der Waals surface area contributed by atoms with Crippen LogP contribution < -0.4 is 16.6 Å². The van der Waals surface area contributed by atoms with Crippen LogP contribution in [-0.4, -0.2) is 20.4 Å². The summed E-state index contributed by atoms with van der Waals surface area (Å²) in [5.41, 5.74) is 1.62. The Bertz CT molecular complexity index is 1050. The number of nitrogens with zero attached hydrogens (tertiary/aromatic N) is 2. The Balaban J connectivity index is 1.82. The molecule has 0 radical (unpaired) electrons. The van der Waals surface area contributed by atoms with E-state index < -0.39 is 11.2 Å². The zero-order chi connectivity index (χ0) is 18.0. The Hall–Kier alpha value is -3.22. The van der Waals surface area contributed by atoms with E-state index in [2.05, 4.69) is 22.2 Å². The molecule has 7 heteroatoms. The number of aromatic amines is 1. The summed E-state index contributed by atoms with van der Waals surface area (Å²) < 4.78 is 1.23. The van der Waals surface area contributed by atoms with Gasteiger partial charge in [-0.25, -0.2) is 9.78 Å². The van der Waals surface area contributed by atoms with Crippen molar-refractivity contribution < 1.29 is 4.79 Å². The monoisotopic (exact) mass is 338 g/mol. The minimum atomic E-state index is -0.560. The van der Waals surface area contributed by atoms with Crippen LogP contribution in [0, 0.1) is 0 Å². The van der Waals surface area contributed by atoms with Crippen LogP contribution >= 0.6 is 0 Å². The van der Waals surface area contributed by atoms with Crippen LogP contribution in [0.4, 0.5) is 0 Å². The van der Waals surface area contributed by atoms with E-state index in [0.717, 1.165) is 12.0 Å². The van der Waals surface area contributed by atoms with Gasteiger partial charge in [-0.05, 0) is 23.6 Å². The van der Waals surface area contributed by atoms with Gasteiger partial charge in [0.05, 0.1) is 10.9 Å². The van der Waals surface area contributed by atoms with Crippen LogP contribution in [0.2, 0.25) is 0 Å². The highest BCUT2D eigenvalue weighted by molar-refractivity contribution is 5.96. The normalized spacial score (nSPS) is 10.8. The van der Waals surface area contributed by atoms with Gasteiger partial charge in [-0.2, -0.15) is 0 Å². The zero-order valence-corrected chi connectivity index (χ0v) is 14.0. The van der Waals surface area contributed by atoms with Crippen molar-refractivity contribution in [1.82, 2.24) is 19.9 Å². The Labute approximate surface area is 143 Å². The van der Waals surface area contributed by atoms with Crippen molar-refractivity contribution in [2.75, 3.05) is 0 Å². The zero-order valence-electron chi connectivity index (χ0n) is 14.0. The smallest absolute Gasteiger partial charge is 0.329 e. The third-order valence-corrected chi connectivity index (χ3v) is 4.10. The van der Waals surface area contributed by atoms with E-state index in [1.807, 2.05) is 24.3 Å². The summed E-state index contributed by atoms with van der Waals surface area (Å²) in [5, 5.41) is 3.00. The largest absolute Gasteiger partial charge is 0.348 e. The molecule has 0 saturated heterocycles. The molecule has 7 nitrogen and oxygen atoms in total. The minimum Gasteiger partial charge on any atom is -0.348 e. The number of aryl methyl sites for hydroxylation is 2. The van der Waals surface area contributed by atoms with E-state index in [-0.39, 0.29) is 22.5 Å². The van der Waals surface area contributed by atoms with Crippen LogP contribution in [0.15, 0.2) is 46.1 Å². The van der Waals surface area contributed by atoms with Gasteiger partial charge in [0.2, 0.25) is 0 Å². The molecular formula is C18H18N4O3. The Kier molecular flexibility index (Phi) is 4.47. The van der Waals surface area contributed by atoms with Crippen molar-refractivity contribution in [2.45, 2.75) is 19.9 Å². The molecule has 0 aliphatic rings. The Morgan fingerprint density at radius 2 is 1.88 bits per heavy atom. The van der Waals surface area contributed by atoms with E-state index in [9.17, 15) is 14.4 Å². The van der Waals surface area contributed by atoms with Crippen molar-refractivity contribution in [2.24, 2.45) is 7.05 Å². The van der Waals surface area contributed by atoms with Gasteiger partial charge in [0.25, 0.3) is 11.5 Å². The number of aromatic nitrogens is 3. The number of amides is 1. The van der Waals surface area contributed by atoms with E-state index in [4.69, 9.17) is 0 Å². The van der Waals surface area contributed by atoms with E-state index >= 15 is 0 Å². The fourth-order valence-electron chi connectivity index (χ4n) is 2.54. The molecule has 0 aliphatic heterocycles. The summed E-state index contributed by atoms with van der Waals surface area (Å²) in [7, 11) is 1.51. The molecule has 0 fully saturated rings. The maximum absolute atomic E-state index is 12.3. The quantitative estimate of drug-likeness (QED) is 0.745. The van der Waals surface area contributed by atoms with Crippen LogP contribution in [-0.2, 0) is 20.0 Å².